The van der Waals surface area contributed by atoms with E-state index < -0.39 is 30.0 Å². The lowest BCUT2D eigenvalue weighted by Gasteiger charge is -2.34. The molecular weight excluding hydrogens is 472 g/mol. The Bertz CT molecular complexity index is 1030. The zero-order valence-corrected chi connectivity index (χ0v) is 19.0. The second-order valence-corrected chi connectivity index (χ2v) is 8.58. The first kappa shape index (κ1) is 23.3. The Morgan fingerprint density at radius 2 is 2.10 bits per heavy atom. The van der Waals surface area contributed by atoms with Crippen molar-refractivity contribution in [2.45, 2.75) is 32.5 Å². The molecule has 2 atom stereocenters. The van der Waals surface area contributed by atoms with Crippen molar-refractivity contribution in [2.24, 2.45) is 5.73 Å². The van der Waals surface area contributed by atoms with Crippen LogP contribution < -0.4 is 16.0 Å². The minimum absolute atomic E-state index is 0.0242. The molecule has 0 bridgehead atoms. The summed E-state index contributed by atoms with van der Waals surface area (Å²) < 4.78 is 19.8. The topological polar surface area (TPSA) is 130 Å². The number of alkyl halides is 1. The van der Waals surface area contributed by atoms with E-state index in [4.69, 9.17) is 33.7 Å². The second kappa shape index (κ2) is 9.41. The number of H-pyrrole nitrogens is 1. The van der Waals surface area contributed by atoms with Crippen LogP contribution in [-0.4, -0.2) is 59.7 Å². The number of ether oxygens (including phenoxy) is 1. The third-order valence-electron chi connectivity index (χ3n) is 4.72. The van der Waals surface area contributed by atoms with E-state index in [0.29, 0.717) is 12.2 Å². The molecule has 31 heavy (non-hydrogen) atoms. The van der Waals surface area contributed by atoms with Gasteiger partial charge in [-0.2, -0.15) is 0 Å². The van der Waals surface area contributed by atoms with Gasteiger partial charge in [0.1, 0.15) is 16.7 Å². The van der Waals surface area contributed by atoms with E-state index in [2.05, 4.69) is 15.3 Å². The van der Waals surface area contributed by atoms with Crippen LogP contribution in [-0.2, 0) is 4.74 Å². The van der Waals surface area contributed by atoms with Crippen molar-refractivity contribution in [3.8, 4) is 0 Å². The number of carbonyl (C=O) groups is 3. The molecule has 9 nitrogen and oxygen atoms in total. The summed E-state index contributed by atoms with van der Waals surface area (Å²) in [5.74, 6) is -2.15. The van der Waals surface area contributed by atoms with Crippen LogP contribution in [0.3, 0.4) is 0 Å². The smallest absolute Gasteiger partial charge is 0.350 e. The van der Waals surface area contributed by atoms with Crippen molar-refractivity contribution in [1.82, 2.24) is 15.3 Å². The SMILES string of the molecule is CCOC(=O)c1sc(N2CC[C@@H](NC(=O)c3[nH]c(C)c(Cl)c3Cl)[C@@H](F)C2)nc1C(N)=O. The van der Waals surface area contributed by atoms with Gasteiger partial charge in [-0.3, -0.25) is 9.59 Å². The number of nitrogens with zero attached hydrogens (tertiary/aromatic N) is 2. The highest BCUT2D eigenvalue weighted by Crippen LogP contribution is 2.31. The summed E-state index contributed by atoms with van der Waals surface area (Å²) in [4.78, 5) is 44.7. The molecule has 0 saturated carbocycles. The number of amides is 2. The maximum absolute atomic E-state index is 14.9. The first-order chi connectivity index (χ1) is 14.6. The minimum atomic E-state index is -1.44. The molecule has 0 spiro atoms. The summed E-state index contributed by atoms with van der Waals surface area (Å²) in [5.41, 5.74) is 5.71. The van der Waals surface area contributed by atoms with Crippen molar-refractivity contribution in [3.63, 3.8) is 0 Å². The fourth-order valence-corrected chi connectivity index (χ4v) is 4.57. The Balaban J connectivity index is 1.70. The molecule has 2 amide bonds. The molecule has 1 saturated heterocycles. The predicted octanol–water partition coefficient (Wildman–Crippen LogP) is 2.71. The van der Waals surface area contributed by atoms with Crippen molar-refractivity contribution in [1.29, 1.82) is 0 Å². The van der Waals surface area contributed by atoms with E-state index in [1.807, 2.05) is 0 Å². The Morgan fingerprint density at radius 3 is 2.65 bits per heavy atom. The molecule has 4 N–H and O–H groups in total. The standard InChI is InChI=1S/C18H20Cl2FN5O4S/c1-3-30-17(29)14-13(15(22)27)25-18(31-14)26-5-4-9(8(21)6-26)24-16(28)12-11(20)10(19)7(2)23-12/h8-9,23H,3-6H2,1-2H3,(H2,22,27)(H,24,28)/t8-,9+/m0/s1. The van der Waals surface area contributed by atoms with E-state index >= 15 is 0 Å². The van der Waals surface area contributed by atoms with E-state index in [-0.39, 0.29) is 51.0 Å². The van der Waals surface area contributed by atoms with E-state index in [1.54, 1.807) is 18.7 Å². The third-order valence-corrected chi connectivity index (χ3v) is 6.76. The monoisotopic (exact) mass is 491 g/mol. The van der Waals surface area contributed by atoms with Gasteiger partial charge in [0.15, 0.2) is 10.8 Å². The number of esters is 1. The number of rotatable bonds is 6. The molecular formula is C18H20Cl2FN5O4S. The number of aryl methyl sites for hydroxylation is 1. The van der Waals surface area contributed by atoms with Crippen molar-refractivity contribution in [2.75, 3.05) is 24.6 Å². The summed E-state index contributed by atoms with van der Waals surface area (Å²) in [7, 11) is 0. The number of aromatic nitrogens is 2. The van der Waals surface area contributed by atoms with Crippen LogP contribution in [0.4, 0.5) is 9.52 Å². The maximum atomic E-state index is 14.9. The van der Waals surface area contributed by atoms with Crippen molar-refractivity contribution in [3.05, 3.63) is 32.0 Å². The van der Waals surface area contributed by atoms with Gasteiger partial charge in [-0.05, 0) is 20.3 Å². The van der Waals surface area contributed by atoms with Crippen LogP contribution in [0.5, 0.6) is 0 Å². The molecule has 1 fully saturated rings. The summed E-state index contributed by atoms with van der Waals surface area (Å²) in [5, 5.41) is 3.23. The Labute approximate surface area is 191 Å². The molecule has 0 unspecified atom stereocenters. The summed E-state index contributed by atoms with van der Waals surface area (Å²) in [6, 6.07) is -0.762. The van der Waals surface area contributed by atoms with Crippen LogP contribution in [0.15, 0.2) is 0 Å². The summed E-state index contributed by atoms with van der Waals surface area (Å²) in [6.45, 7) is 3.65. The van der Waals surface area contributed by atoms with Crippen LogP contribution >= 0.6 is 34.5 Å². The number of hydrogen-bond acceptors (Lipinski definition) is 7. The van der Waals surface area contributed by atoms with Crippen LogP contribution in [0, 0.1) is 6.92 Å². The number of nitrogens with two attached hydrogens (primary N) is 1. The molecule has 3 rings (SSSR count). The number of hydrogen-bond donors (Lipinski definition) is 3. The van der Waals surface area contributed by atoms with Gasteiger partial charge in [-0.15, -0.1) is 0 Å². The maximum Gasteiger partial charge on any atom is 0.350 e. The fraction of sp³-hybridized carbons (Fsp3) is 0.444. The molecule has 2 aromatic rings. The lowest BCUT2D eigenvalue weighted by molar-refractivity contribution is 0.0528. The molecule has 13 heteroatoms. The number of piperidine rings is 1. The highest BCUT2D eigenvalue weighted by molar-refractivity contribution is 7.17. The highest BCUT2D eigenvalue weighted by Gasteiger charge is 2.34. The number of thiazole rings is 1. The first-order valence-corrected chi connectivity index (χ1v) is 10.9. The number of carbonyl (C=O) groups excluding carboxylic acids is 3. The number of nitrogens with one attached hydrogen (secondary N) is 2. The average Bonchev–Trinajstić information content (AvgIpc) is 3.27. The van der Waals surface area contributed by atoms with Crippen LogP contribution in [0.25, 0.3) is 0 Å². The molecule has 1 aliphatic rings. The molecule has 3 heterocycles. The van der Waals surface area contributed by atoms with E-state index in [0.717, 1.165) is 11.3 Å². The zero-order chi connectivity index (χ0) is 22.9. The van der Waals surface area contributed by atoms with Gasteiger partial charge in [0.25, 0.3) is 11.8 Å². The largest absolute Gasteiger partial charge is 0.462 e. The Kier molecular flexibility index (Phi) is 7.07. The highest BCUT2D eigenvalue weighted by atomic mass is 35.5. The number of anilines is 1. The molecule has 2 aromatic heterocycles. The predicted molar refractivity (Wildman–Crippen MR) is 115 cm³/mol. The van der Waals surface area contributed by atoms with Crippen LogP contribution in [0.1, 0.15) is 49.7 Å². The van der Waals surface area contributed by atoms with Crippen molar-refractivity contribution >= 4 is 57.5 Å². The third kappa shape index (κ3) is 4.78. The normalized spacial score (nSPS) is 18.7. The van der Waals surface area contributed by atoms with Gasteiger partial charge in [0.05, 0.1) is 29.2 Å². The molecule has 1 aliphatic heterocycles. The Morgan fingerprint density at radius 1 is 1.39 bits per heavy atom. The van der Waals surface area contributed by atoms with Crippen LogP contribution in [0.2, 0.25) is 10.0 Å². The van der Waals surface area contributed by atoms with E-state index in [9.17, 15) is 18.8 Å². The number of halogens is 3. The number of aromatic amines is 1. The second-order valence-electron chi connectivity index (χ2n) is 6.84. The minimum Gasteiger partial charge on any atom is -0.462 e. The van der Waals surface area contributed by atoms with Gasteiger partial charge in [-0.1, -0.05) is 34.5 Å². The van der Waals surface area contributed by atoms with Gasteiger partial charge in [0.2, 0.25) is 0 Å². The molecule has 0 aliphatic carbocycles. The quantitative estimate of drug-likeness (QED) is 0.532. The van der Waals surface area contributed by atoms with Gasteiger partial charge in [0, 0.05) is 12.2 Å². The molecule has 168 valence electrons. The van der Waals surface area contributed by atoms with Gasteiger partial charge >= 0.3 is 5.97 Å². The summed E-state index contributed by atoms with van der Waals surface area (Å²) >= 11 is 12.9. The van der Waals surface area contributed by atoms with Gasteiger partial charge < -0.3 is 25.7 Å². The van der Waals surface area contributed by atoms with Crippen molar-refractivity contribution < 1.29 is 23.5 Å². The number of primary amides is 1. The lowest BCUT2D eigenvalue weighted by atomic mass is 10.0. The Hall–Kier alpha value is -2.37. The first-order valence-electron chi connectivity index (χ1n) is 9.35. The van der Waals surface area contributed by atoms with E-state index in [1.165, 1.54) is 0 Å². The summed E-state index contributed by atoms with van der Waals surface area (Å²) in [6.07, 6.45) is -1.17. The van der Waals surface area contributed by atoms with Gasteiger partial charge in [-0.25, -0.2) is 14.2 Å². The fourth-order valence-electron chi connectivity index (χ4n) is 3.16. The molecule has 0 aromatic carbocycles. The molecule has 0 radical (unpaired) electrons. The average molecular weight is 492 g/mol. The lowest BCUT2D eigenvalue weighted by Crippen LogP contribution is -2.52. The zero-order valence-electron chi connectivity index (χ0n) is 16.6.